The van der Waals surface area contributed by atoms with Gasteiger partial charge < -0.3 is 9.84 Å². The van der Waals surface area contributed by atoms with Gasteiger partial charge in [0.2, 0.25) is 0 Å². The van der Waals surface area contributed by atoms with Crippen LogP contribution < -0.4 is 10.2 Å². The molecule has 7 nitrogen and oxygen atoms in total. The highest BCUT2D eigenvalue weighted by atomic mass is 16.5. The predicted molar refractivity (Wildman–Crippen MR) is 88.1 cm³/mol. The Morgan fingerprint density at radius 3 is 2.25 bits per heavy atom. The summed E-state index contributed by atoms with van der Waals surface area (Å²) in [6.45, 7) is 3.79. The molecular weight excluding hydrogens is 310 g/mol. The van der Waals surface area contributed by atoms with Gasteiger partial charge in [-0.2, -0.15) is 5.10 Å². The summed E-state index contributed by atoms with van der Waals surface area (Å²) in [6.07, 6.45) is 2.94. The molecule has 0 aliphatic heterocycles. The lowest BCUT2D eigenvalue weighted by atomic mass is 10.1. The molecule has 0 aliphatic carbocycles. The van der Waals surface area contributed by atoms with E-state index in [1.54, 1.807) is 24.3 Å². The molecule has 0 aliphatic rings. The van der Waals surface area contributed by atoms with Crippen molar-refractivity contribution in [1.29, 1.82) is 0 Å². The number of amides is 1. The molecule has 0 spiro atoms. The zero-order valence-corrected chi connectivity index (χ0v) is 13.3. The summed E-state index contributed by atoms with van der Waals surface area (Å²) in [7, 11) is 0. The van der Waals surface area contributed by atoms with Crippen molar-refractivity contribution in [2.75, 3.05) is 0 Å². The van der Waals surface area contributed by atoms with E-state index in [1.807, 2.05) is 13.8 Å². The second kappa shape index (κ2) is 7.87. The molecule has 1 aromatic carbocycles. The fourth-order valence-corrected chi connectivity index (χ4v) is 1.87. The number of ether oxygens (including phenoxy) is 1. The maximum absolute atomic E-state index is 11.9. The highest BCUT2D eigenvalue weighted by Crippen LogP contribution is 2.14. The molecule has 24 heavy (non-hydrogen) atoms. The van der Waals surface area contributed by atoms with Crippen LogP contribution in [-0.2, 0) is 4.79 Å². The van der Waals surface area contributed by atoms with Crippen LogP contribution in [0.5, 0.6) is 5.75 Å². The number of hydrogen-bond donors (Lipinski definition) is 2. The largest absolute Gasteiger partial charge is 0.491 e. The van der Waals surface area contributed by atoms with E-state index in [0.717, 1.165) is 0 Å². The van der Waals surface area contributed by atoms with Crippen LogP contribution in [0.2, 0.25) is 0 Å². The van der Waals surface area contributed by atoms with Gasteiger partial charge in [-0.3, -0.25) is 9.78 Å². The second-order valence-electron chi connectivity index (χ2n) is 5.13. The lowest BCUT2D eigenvalue weighted by molar-refractivity contribution is -0.129. The van der Waals surface area contributed by atoms with E-state index in [1.165, 1.54) is 24.5 Å². The second-order valence-corrected chi connectivity index (χ2v) is 5.13. The van der Waals surface area contributed by atoms with Crippen molar-refractivity contribution in [2.24, 2.45) is 5.10 Å². The smallest absolute Gasteiger partial charge is 0.356 e. The molecule has 2 rings (SSSR count). The Bertz CT molecular complexity index is 740. The van der Waals surface area contributed by atoms with Crippen LogP contribution in [0, 0.1) is 0 Å². The average molecular weight is 327 g/mol. The number of carboxylic acid groups (broad SMARTS) is 1. The summed E-state index contributed by atoms with van der Waals surface area (Å²) in [4.78, 5) is 27.1. The number of aliphatic carboxylic acids is 1. The molecule has 2 aromatic rings. The average Bonchev–Trinajstić information content (AvgIpc) is 2.56. The molecule has 2 N–H and O–H groups in total. The molecule has 1 heterocycles. The van der Waals surface area contributed by atoms with Crippen LogP contribution in [0.15, 0.2) is 53.9 Å². The standard InChI is InChI=1S/C17H17N3O4/c1-11(2)24-14-5-3-12(4-6-14)15(17(22)23)19-20-16(21)13-7-9-18-10-8-13/h3-11H,1-2H3,(H,20,21)(H,22,23)/b19-15-. The number of benzene rings is 1. The number of hydrazone groups is 1. The Labute approximate surface area is 139 Å². The number of carbonyl (C=O) groups excluding carboxylic acids is 1. The van der Waals surface area contributed by atoms with Gasteiger partial charge in [0.1, 0.15) is 5.75 Å². The van der Waals surface area contributed by atoms with Crippen molar-refractivity contribution in [3.8, 4) is 5.75 Å². The lowest BCUT2D eigenvalue weighted by Crippen LogP contribution is -2.24. The van der Waals surface area contributed by atoms with Gasteiger partial charge in [-0.05, 0) is 50.2 Å². The first kappa shape index (κ1) is 17.1. The van der Waals surface area contributed by atoms with Gasteiger partial charge in [0.05, 0.1) is 6.10 Å². The molecule has 0 saturated heterocycles. The maximum Gasteiger partial charge on any atom is 0.356 e. The van der Waals surface area contributed by atoms with Crippen LogP contribution in [0.25, 0.3) is 0 Å². The summed E-state index contributed by atoms with van der Waals surface area (Å²) >= 11 is 0. The molecule has 124 valence electrons. The molecular formula is C17H17N3O4. The number of pyridine rings is 1. The van der Waals surface area contributed by atoms with Gasteiger partial charge in [-0.15, -0.1) is 0 Å². The molecule has 0 radical (unpaired) electrons. The zero-order chi connectivity index (χ0) is 17.5. The first-order valence-corrected chi connectivity index (χ1v) is 7.26. The van der Waals surface area contributed by atoms with Crippen molar-refractivity contribution in [1.82, 2.24) is 10.4 Å². The van der Waals surface area contributed by atoms with E-state index in [2.05, 4.69) is 15.5 Å². The first-order valence-electron chi connectivity index (χ1n) is 7.26. The van der Waals surface area contributed by atoms with Crippen LogP contribution in [0.1, 0.15) is 29.8 Å². The summed E-state index contributed by atoms with van der Waals surface area (Å²) in [5.41, 5.74) is 2.65. The van der Waals surface area contributed by atoms with Crippen molar-refractivity contribution >= 4 is 17.6 Å². The lowest BCUT2D eigenvalue weighted by Gasteiger charge is -2.10. The summed E-state index contributed by atoms with van der Waals surface area (Å²) in [5, 5.41) is 13.0. The van der Waals surface area contributed by atoms with E-state index in [-0.39, 0.29) is 11.8 Å². The van der Waals surface area contributed by atoms with Crippen molar-refractivity contribution in [2.45, 2.75) is 20.0 Å². The Hall–Kier alpha value is -3.22. The van der Waals surface area contributed by atoms with Crippen LogP contribution in [-0.4, -0.2) is 33.8 Å². The SMILES string of the molecule is CC(C)Oc1ccc(/C(=N/NC(=O)c2ccncc2)C(=O)O)cc1. The number of nitrogens with one attached hydrogen (secondary N) is 1. The summed E-state index contributed by atoms with van der Waals surface area (Å²) < 4.78 is 5.50. The molecule has 0 atom stereocenters. The quantitative estimate of drug-likeness (QED) is 0.625. The number of aromatic nitrogens is 1. The number of rotatable bonds is 6. The molecule has 0 unspecified atom stereocenters. The van der Waals surface area contributed by atoms with E-state index in [4.69, 9.17) is 4.74 Å². The van der Waals surface area contributed by atoms with E-state index >= 15 is 0 Å². The van der Waals surface area contributed by atoms with Crippen molar-refractivity contribution in [3.05, 3.63) is 59.9 Å². The number of carboxylic acids is 1. The maximum atomic E-state index is 11.9. The predicted octanol–water partition coefficient (Wildman–Crippen LogP) is 2.09. The topological polar surface area (TPSA) is 101 Å². The Balaban J connectivity index is 2.17. The first-order chi connectivity index (χ1) is 11.5. The minimum atomic E-state index is -1.25. The van der Waals surface area contributed by atoms with Crippen LogP contribution in [0.4, 0.5) is 0 Å². The van der Waals surface area contributed by atoms with Crippen LogP contribution in [0.3, 0.4) is 0 Å². The molecule has 0 saturated carbocycles. The van der Waals surface area contributed by atoms with Crippen molar-refractivity contribution < 1.29 is 19.4 Å². The minimum Gasteiger partial charge on any atom is -0.491 e. The fraction of sp³-hybridized carbons (Fsp3) is 0.176. The third-order valence-electron chi connectivity index (χ3n) is 2.91. The minimum absolute atomic E-state index is 0.0168. The Morgan fingerprint density at radius 2 is 1.71 bits per heavy atom. The van der Waals surface area contributed by atoms with Crippen LogP contribution >= 0.6 is 0 Å². The van der Waals surface area contributed by atoms with Gasteiger partial charge in [0, 0.05) is 23.5 Å². The Morgan fingerprint density at radius 1 is 1.08 bits per heavy atom. The van der Waals surface area contributed by atoms with E-state index < -0.39 is 11.9 Å². The van der Waals surface area contributed by atoms with Gasteiger partial charge in [-0.25, -0.2) is 10.2 Å². The van der Waals surface area contributed by atoms with E-state index in [9.17, 15) is 14.7 Å². The number of carbonyl (C=O) groups is 2. The van der Waals surface area contributed by atoms with Gasteiger partial charge in [0.25, 0.3) is 5.91 Å². The summed E-state index contributed by atoms with van der Waals surface area (Å²) in [5.74, 6) is -1.14. The van der Waals surface area contributed by atoms with E-state index in [0.29, 0.717) is 16.9 Å². The number of nitrogens with zero attached hydrogens (tertiary/aromatic N) is 2. The third kappa shape index (κ3) is 4.64. The third-order valence-corrected chi connectivity index (χ3v) is 2.91. The summed E-state index contributed by atoms with van der Waals surface area (Å²) in [6, 6.07) is 9.45. The Kier molecular flexibility index (Phi) is 5.62. The normalized spacial score (nSPS) is 11.2. The molecule has 0 fully saturated rings. The number of hydrogen-bond acceptors (Lipinski definition) is 5. The van der Waals surface area contributed by atoms with Gasteiger partial charge >= 0.3 is 5.97 Å². The van der Waals surface area contributed by atoms with Gasteiger partial charge in [-0.1, -0.05) is 0 Å². The highest BCUT2D eigenvalue weighted by Gasteiger charge is 2.14. The fourth-order valence-electron chi connectivity index (χ4n) is 1.87. The highest BCUT2D eigenvalue weighted by molar-refractivity contribution is 6.42. The van der Waals surface area contributed by atoms with Gasteiger partial charge in [0.15, 0.2) is 5.71 Å². The molecule has 7 heteroatoms. The molecule has 0 bridgehead atoms. The zero-order valence-electron chi connectivity index (χ0n) is 13.3. The van der Waals surface area contributed by atoms with Crippen molar-refractivity contribution in [3.63, 3.8) is 0 Å². The monoisotopic (exact) mass is 327 g/mol. The molecule has 1 amide bonds. The molecule has 1 aromatic heterocycles.